The summed E-state index contributed by atoms with van der Waals surface area (Å²) in [5.41, 5.74) is 1.04. The molecule has 2 aromatic carbocycles. The van der Waals surface area contributed by atoms with Gasteiger partial charge in [-0.05, 0) is 38.2 Å². The number of nitrogens with one attached hydrogen (secondary N) is 1. The number of rotatable bonds is 5. The van der Waals surface area contributed by atoms with Gasteiger partial charge in [-0.2, -0.15) is 0 Å². The Kier molecular flexibility index (Phi) is 5.15. The molecule has 1 atom stereocenters. The molecule has 0 aromatic heterocycles. The van der Waals surface area contributed by atoms with Crippen LogP contribution < -0.4 is 10.1 Å². The van der Waals surface area contributed by atoms with Crippen LogP contribution in [0.5, 0.6) is 5.75 Å². The Morgan fingerprint density at radius 3 is 2.71 bits per heavy atom. The van der Waals surface area contributed by atoms with Crippen molar-refractivity contribution in [1.29, 1.82) is 0 Å². The van der Waals surface area contributed by atoms with Crippen molar-refractivity contribution in [2.45, 2.75) is 19.6 Å². The van der Waals surface area contributed by atoms with E-state index in [4.69, 9.17) is 16.3 Å². The number of ether oxygens (including phenoxy) is 1. The SMILES string of the molecule is CNC(C)c1cc(Cl)ccc1OCc1cccc(F)c1F. The maximum absolute atomic E-state index is 13.6. The van der Waals surface area contributed by atoms with Crippen molar-refractivity contribution in [3.8, 4) is 5.75 Å². The van der Waals surface area contributed by atoms with Gasteiger partial charge in [0, 0.05) is 22.2 Å². The van der Waals surface area contributed by atoms with Crippen molar-refractivity contribution in [3.05, 3.63) is 64.2 Å². The maximum atomic E-state index is 13.6. The zero-order valence-electron chi connectivity index (χ0n) is 11.8. The zero-order valence-corrected chi connectivity index (χ0v) is 12.5. The summed E-state index contributed by atoms with van der Waals surface area (Å²) in [4.78, 5) is 0. The Labute approximate surface area is 127 Å². The van der Waals surface area contributed by atoms with Crippen LogP contribution in [-0.2, 0) is 6.61 Å². The Hall–Kier alpha value is -1.65. The average Bonchev–Trinajstić information content (AvgIpc) is 2.49. The summed E-state index contributed by atoms with van der Waals surface area (Å²) in [6.07, 6.45) is 0. The highest BCUT2D eigenvalue weighted by Crippen LogP contribution is 2.29. The van der Waals surface area contributed by atoms with Gasteiger partial charge in [0.15, 0.2) is 11.6 Å². The van der Waals surface area contributed by atoms with Gasteiger partial charge in [0.25, 0.3) is 0 Å². The molecule has 0 amide bonds. The summed E-state index contributed by atoms with van der Waals surface area (Å²) in [7, 11) is 1.82. The standard InChI is InChI=1S/C16H16ClF2NO/c1-10(20-2)13-8-12(17)6-7-15(13)21-9-11-4-3-5-14(18)16(11)19/h3-8,10,20H,9H2,1-2H3. The predicted molar refractivity (Wildman–Crippen MR) is 79.6 cm³/mol. The number of benzene rings is 2. The molecule has 1 unspecified atom stereocenters. The molecule has 1 N–H and O–H groups in total. The molecule has 21 heavy (non-hydrogen) atoms. The predicted octanol–water partition coefficient (Wildman–Crippen LogP) is 4.48. The second kappa shape index (κ2) is 6.87. The zero-order chi connectivity index (χ0) is 15.4. The van der Waals surface area contributed by atoms with E-state index in [0.717, 1.165) is 11.6 Å². The second-order valence-electron chi connectivity index (χ2n) is 4.69. The summed E-state index contributed by atoms with van der Waals surface area (Å²) >= 11 is 5.99. The van der Waals surface area contributed by atoms with Crippen molar-refractivity contribution in [2.24, 2.45) is 0 Å². The van der Waals surface area contributed by atoms with E-state index in [1.165, 1.54) is 12.1 Å². The molecule has 0 bridgehead atoms. The van der Waals surface area contributed by atoms with E-state index in [0.29, 0.717) is 10.8 Å². The van der Waals surface area contributed by atoms with Crippen molar-refractivity contribution in [2.75, 3.05) is 7.05 Å². The summed E-state index contributed by atoms with van der Waals surface area (Å²) in [5.74, 6) is -1.17. The van der Waals surface area contributed by atoms with E-state index in [9.17, 15) is 8.78 Å². The van der Waals surface area contributed by atoms with E-state index in [1.807, 2.05) is 14.0 Å². The minimum absolute atomic E-state index is 0.0241. The molecule has 0 saturated heterocycles. The van der Waals surface area contributed by atoms with Gasteiger partial charge in [-0.3, -0.25) is 0 Å². The van der Waals surface area contributed by atoms with Crippen LogP contribution in [0.25, 0.3) is 0 Å². The van der Waals surface area contributed by atoms with E-state index >= 15 is 0 Å². The van der Waals surface area contributed by atoms with Gasteiger partial charge in [0.05, 0.1) is 0 Å². The molecule has 0 spiro atoms. The van der Waals surface area contributed by atoms with Crippen LogP contribution in [0.1, 0.15) is 24.1 Å². The van der Waals surface area contributed by atoms with E-state index in [2.05, 4.69) is 5.32 Å². The molecular formula is C16H16ClF2NO. The van der Waals surface area contributed by atoms with Crippen LogP contribution in [0.3, 0.4) is 0 Å². The first-order valence-corrected chi connectivity index (χ1v) is 6.93. The molecule has 0 fully saturated rings. The Morgan fingerprint density at radius 1 is 1.24 bits per heavy atom. The number of halogens is 3. The van der Waals surface area contributed by atoms with Gasteiger partial charge in [-0.1, -0.05) is 23.7 Å². The third-order valence-corrected chi connectivity index (χ3v) is 3.52. The Balaban J connectivity index is 2.22. The van der Waals surface area contributed by atoms with Gasteiger partial charge in [-0.25, -0.2) is 8.78 Å². The van der Waals surface area contributed by atoms with Gasteiger partial charge in [0.2, 0.25) is 0 Å². The molecule has 5 heteroatoms. The molecule has 2 aromatic rings. The quantitative estimate of drug-likeness (QED) is 0.879. The highest BCUT2D eigenvalue weighted by Gasteiger charge is 2.13. The van der Waals surface area contributed by atoms with Gasteiger partial charge >= 0.3 is 0 Å². The minimum Gasteiger partial charge on any atom is -0.488 e. The van der Waals surface area contributed by atoms with Crippen molar-refractivity contribution >= 4 is 11.6 Å². The van der Waals surface area contributed by atoms with Crippen LogP contribution >= 0.6 is 11.6 Å². The highest BCUT2D eigenvalue weighted by atomic mass is 35.5. The summed E-state index contributed by atoms with van der Waals surface area (Å²) in [6.45, 7) is 1.91. The van der Waals surface area contributed by atoms with E-state index < -0.39 is 11.6 Å². The van der Waals surface area contributed by atoms with E-state index in [-0.39, 0.29) is 18.2 Å². The highest BCUT2D eigenvalue weighted by molar-refractivity contribution is 6.30. The van der Waals surface area contributed by atoms with Crippen LogP contribution in [-0.4, -0.2) is 7.05 Å². The van der Waals surface area contributed by atoms with E-state index in [1.54, 1.807) is 18.2 Å². The van der Waals surface area contributed by atoms with Crippen LogP contribution in [0.2, 0.25) is 5.02 Å². The molecule has 0 aliphatic carbocycles. The molecular weight excluding hydrogens is 296 g/mol. The summed E-state index contributed by atoms with van der Waals surface area (Å²) in [5, 5.41) is 3.69. The van der Waals surface area contributed by atoms with Gasteiger partial charge < -0.3 is 10.1 Å². The number of hydrogen-bond acceptors (Lipinski definition) is 2. The first-order valence-electron chi connectivity index (χ1n) is 6.55. The molecule has 2 nitrogen and oxygen atoms in total. The molecule has 112 valence electrons. The lowest BCUT2D eigenvalue weighted by molar-refractivity contribution is 0.292. The van der Waals surface area contributed by atoms with Gasteiger partial charge in [-0.15, -0.1) is 0 Å². The average molecular weight is 312 g/mol. The first-order chi connectivity index (χ1) is 10.0. The smallest absolute Gasteiger partial charge is 0.165 e. The summed E-state index contributed by atoms with van der Waals surface area (Å²) in [6, 6.07) is 9.27. The van der Waals surface area contributed by atoms with Crippen molar-refractivity contribution in [1.82, 2.24) is 5.32 Å². The maximum Gasteiger partial charge on any atom is 0.165 e. The lowest BCUT2D eigenvalue weighted by Crippen LogP contribution is -2.14. The fraction of sp³-hybridized carbons (Fsp3) is 0.250. The van der Waals surface area contributed by atoms with Crippen LogP contribution in [0.4, 0.5) is 8.78 Å². The first kappa shape index (κ1) is 15.7. The molecule has 0 aliphatic heterocycles. The molecule has 0 heterocycles. The summed E-state index contributed by atoms with van der Waals surface area (Å²) < 4.78 is 32.4. The molecule has 0 saturated carbocycles. The third kappa shape index (κ3) is 3.71. The molecule has 0 aliphatic rings. The lowest BCUT2D eigenvalue weighted by atomic mass is 10.1. The number of hydrogen-bond donors (Lipinski definition) is 1. The fourth-order valence-electron chi connectivity index (χ4n) is 1.96. The van der Waals surface area contributed by atoms with Crippen LogP contribution in [0, 0.1) is 11.6 Å². The monoisotopic (exact) mass is 311 g/mol. The topological polar surface area (TPSA) is 21.3 Å². The Bertz CT molecular complexity index is 634. The Morgan fingerprint density at radius 2 is 2.00 bits per heavy atom. The molecule has 0 radical (unpaired) electrons. The van der Waals surface area contributed by atoms with Crippen molar-refractivity contribution in [3.63, 3.8) is 0 Å². The second-order valence-corrected chi connectivity index (χ2v) is 5.13. The van der Waals surface area contributed by atoms with Crippen LogP contribution in [0.15, 0.2) is 36.4 Å². The molecule has 2 rings (SSSR count). The minimum atomic E-state index is -0.880. The largest absolute Gasteiger partial charge is 0.488 e. The normalized spacial score (nSPS) is 12.2. The fourth-order valence-corrected chi connectivity index (χ4v) is 2.14. The van der Waals surface area contributed by atoms with Gasteiger partial charge in [0.1, 0.15) is 12.4 Å². The third-order valence-electron chi connectivity index (χ3n) is 3.29. The van der Waals surface area contributed by atoms with Crippen molar-refractivity contribution < 1.29 is 13.5 Å². The lowest BCUT2D eigenvalue weighted by Gasteiger charge is -2.17.